The second-order valence-electron chi connectivity index (χ2n) is 4.01. The second kappa shape index (κ2) is 5.16. The van der Waals surface area contributed by atoms with E-state index in [0.29, 0.717) is 0 Å². The van der Waals surface area contributed by atoms with Crippen molar-refractivity contribution in [2.24, 2.45) is 5.73 Å². The van der Waals surface area contributed by atoms with E-state index in [1.165, 1.54) is 44.9 Å². The monoisotopic (exact) mass is 188 g/mol. The highest BCUT2D eigenvalue weighted by atomic mass is 31.0. The summed E-state index contributed by atoms with van der Waals surface area (Å²) in [7, 11) is 2.55. The van der Waals surface area contributed by atoms with Gasteiger partial charge in [0.25, 0.3) is 0 Å². The first-order chi connectivity index (χ1) is 5.77. The molecule has 3 N–H and O–H groups in total. The van der Waals surface area contributed by atoms with Crippen molar-refractivity contribution in [2.75, 3.05) is 6.54 Å². The molecule has 0 aromatic rings. The Hall–Kier alpha value is 0.350. The Balaban J connectivity index is 2.36. The third kappa shape index (κ3) is 3.38. The van der Waals surface area contributed by atoms with E-state index in [-0.39, 0.29) is 5.54 Å². The van der Waals surface area contributed by atoms with E-state index in [9.17, 15) is 0 Å². The van der Waals surface area contributed by atoms with Gasteiger partial charge in [-0.3, -0.25) is 5.09 Å². The number of hydrogen-bond donors (Lipinski definition) is 2. The topological polar surface area (TPSA) is 38.0 Å². The summed E-state index contributed by atoms with van der Waals surface area (Å²) in [5, 5.41) is 3.12. The van der Waals surface area contributed by atoms with Crippen LogP contribution in [0.1, 0.15) is 44.9 Å². The van der Waals surface area contributed by atoms with Crippen molar-refractivity contribution in [3.63, 3.8) is 0 Å². The molecule has 1 saturated carbocycles. The predicted molar refractivity (Wildman–Crippen MR) is 57.0 cm³/mol. The third-order valence-corrected chi connectivity index (χ3v) is 3.01. The number of nitrogens with two attached hydrogens (primary N) is 1. The lowest BCUT2D eigenvalue weighted by Gasteiger charge is -2.31. The molecule has 1 rings (SSSR count). The maximum absolute atomic E-state index is 6.26. The van der Waals surface area contributed by atoms with Gasteiger partial charge in [0, 0.05) is 12.1 Å². The normalized spacial score (nSPS) is 24.5. The summed E-state index contributed by atoms with van der Waals surface area (Å²) < 4.78 is 0. The summed E-state index contributed by atoms with van der Waals surface area (Å²) in [5.41, 5.74) is 6.33. The molecule has 1 atom stereocenters. The summed E-state index contributed by atoms with van der Waals surface area (Å²) in [5.74, 6) is 0. The van der Waals surface area contributed by atoms with E-state index >= 15 is 0 Å². The zero-order chi connectivity index (χ0) is 8.86. The van der Waals surface area contributed by atoms with Gasteiger partial charge in [-0.05, 0) is 12.8 Å². The highest BCUT2D eigenvalue weighted by Gasteiger charge is 2.23. The summed E-state index contributed by atoms with van der Waals surface area (Å²) in [6, 6.07) is 0. The molecule has 0 aliphatic heterocycles. The van der Waals surface area contributed by atoms with E-state index in [4.69, 9.17) is 5.73 Å². The van der Waals surface area contributed by atoms with Crippen LogP contribution in [0.25, 0.3) is 0 Å². The van der Waals surface area contributed by atoms with E-state index in [1.54, 1.807) is 0 Å². The van der Waals surface area contributed by atoms with Gasteiger partial charge >= 0.3 is 0 Å². The van der Waals surface area contributed by atoms with Crippen molar-refractivity contribution >= 4 is 9.39 Å². The quantitative estimate of drug-likeness (QED) is 0.648. The molecule has 0 amide bonds. The number of rotatable bonds is 2. The van der Waals surface area contributed by atoms with Crippen molar-refractivity contribution in [3.8, 4) is 0 Å². The molecule has 12 heavy (non-hydrogen) atoms. The van der Waals surface area contributed by atoms with Gasteiger partial charge in [-0.15, -0.1) is 0 Å². The first-order valence-corrected chi connectivity index (χ1v) is 5.57. The van der Waals surface area contributed by atoms with Crippen LogP contribution in [0.15, 0.2) is 0 Å². The summed E-state index contributed by atoms with van der Waals surface area (Å²) in [4.78, 5) is 0. The van der Waals surface area contributed by atoms with E-state index in [1.807, 2.05) is 0 Å². The zero-order valence-corrected chi connectivity index (χ0v) is 8.97. The first kappa shape index (κ1) is 10.4. The van der Waals surface area contributed by atoms with Crippen LogP contribution in [0.3, 0.4) is 0 Å². The molecule has 1 aliphatic carbocycles. The average molecular weight is 188 g/mol. The van der Waals surface area contributed by atoms with E-state index < -0.39 is 0 Å². The molecule has 0 aromatic heterocycles. The minimum Gasteiger partial charge on any atom is -0.324 e. The molecule has 0 bridgehead atoms. The number of nitrogens with one attached hydrogen (secondary N) is 1. The Morgan fingerprint density at radius 2 is 1.58 bits per heavy atom. The van der Waals surface area contributed by atoms with Crippen LogP contribution < -0.4 is 10.8 Å². The molecule has 1 fully saturated rings. The van der Waals surface area contributed by atoms with Crippen LogP contribution in [0.2, 0.25) is 0 Å². The molecular weight excluding hydrogens is 167 g/mol. The molecule has 0 spiro atoms. The van der Waals surface area contributed by atoms with Crippen LogP contribution in [0, 0.1) is 0 Å². The van der Waals surface area contributed by atoms with Crippen LogP contribution >= 0.6 is 9.39 Å². The fourth-order valence-electron chi connectivity index (χ4n) is 1.99. The van der Waals surface area contributed by atoms with Crippen LogP contribution in [0.5, 0.6) is 0 Å². The van der Waals surface area contributed by atoms with Gasteiger partial charge in [0.1, 0.15) is 0 Å². The van der Waals surface area contributed by atoms with Crippen molar-refractivity contribution in [1.29, 1.82) is 0 Å². The fourth-order valence-corrected chi connectivity index (χ4v) is 2.40. The highest BCUT2D eigenvalue weighted by molar-refractivity contribution is 7.13. The molecule has 0 aromatic carbocycles. The van der Waals surface area contributed by atoms with Crippen molar-refractivity contribution in [2.45, 2.75) is 50.5 Å². The Morgan fingerprint density at radius 3 is 2.08 bits per heavy atom. The fraction of sp³-hybridized carbons (Fsp3) is 1.00. The molecule has 0 heterocycles. The molecule has 1 aliphatic rings. The third-order valence-electron chi connectivity index (χ3n) is 2.80. The molecule has 1 unspecified atom stereocenters. The van der Waals surface area contributed by atoms with Crippen molar-refractivity contribution in [1.82, 2.24) is 5.09 Å². The number of hydrogen-bond acceptors (Lipinski definition) is 2. The lowest BCUT2D eigenvalue weighted by Crippen LogP contribution is -2.47. The van der Waals surface area contributed by atoms with Gasteiger partial charge in [-0.2, -0.15) is 0 Å². The van der Waals surface area contributed by atoms with Gasteiger partial charge < -0.3 is 5.73 Å². The highest BCUT2D eigenvalue weighted by Crippen LogP contribution is 2.23. The molecular formula is C9H21N2P. The molecule has 72 valence electrons. The standard InChI is InChI=1S/C9H21N2P/c10-9(8-11-12)6-4-2-1-3-5-7-9/h11H,1-8,10,12H2. The van der Waals surface area contributed by atoms with E-state index in [2.05, 4.69) is 14.5 Å². The van der Waals surface area contributed by atoms with Gasteiger partial charge in [-0.25, -0.2) is 0 Å². The predicted octanol–water partition coefficient (Wildman–Crippen LogP) is 1.81. The minimum absolute atomic E-state index is 0.0716. The Morgan fingerprint density at radius 1 is 1.08 bits per heavy atom. The maximum atomic E-state index is 6.26. The van der Waals surface area contributed by atoms with Gasteiger partial charge in [-0.1, -0.05) is 41.5 Å². The maximum Gasteiger partial charge on any atom is 0.0283 e. The zero-order valence-electron chi connectivity index (χ0n) is 7.81. The molecule has 0 radical (unpaired) electrons. The largest absolute Gasteiger partial charge is 0.324 e. The molecule has 0 saturated heterocycles. The average Bonchev–Trinajstić information content (AvgIpc) is 1.99. The van der Waals surface area contributed by atoms with Gasteiger partial charge in [0.15, 0.2) is 0 Å². The van der Waals surface area contributed by atoms with Crippen LogP contribution in [0.4, 0.5) is 0 Å². The lowest BCUT2D eigenvalue weighted by atomic mass is 9.85. The summed E-state index contributed by atoms with van der Waals surface area (Å²) in [6.07, 6.45) is 9.14. The second-order valence-corrected chi connectivity index (χ2v) is 4.42. The Bertz CT molecular complexity index is 120. The lowest BCUT2D eigenvalue weighted by molar-refractivity contribution is 0.318. The molecule has 2 nitrogen and oxygen atoms in total. The SMILES string of the molecule is NC1(CNP)CCCCCCC1. The summed E-state index contributed by atoms with van der Waals surface area (Å²) in [6.45, 7) is 0.942. The summed E-state index contributed by atoms with van der Waals surface area (Å²) >= 11 is 0. The van der Waals surface area contributed by atoms with E-state index in [0.717, 1.165) is 6.54 Å². The smallest absolute Gasteiger partial charge is 0.0283 e. The van der Waals surface area contributed by atoms with Gasteiger partial charge in [0.2, 0.25) is 0 Å². The van der Waals surface area contributed by atoms with Gasteiger partial charge in [0.05, 0.1) is 0 Å². The Labute approximate surface area is 77.9 Å². The van der Waals surface area contributed by atoms with Crippen molar-refractivity contribution in [3.05, 3.63) is 0 Å². The minimum atomic E-state index is 0.0716. The van der Waals surface area contributed by atoms with Crippen molar-refractivity contribution < 1.29 is 0 Å². The Kier molecular flexibility index (Phi) is 4.49. The first-order valence-electron chi connectivity index (χ1n) is 4.99. The van der Waals surface area contributed by atoms with Crippen LogP contribution in [-0.4, -0.2) is 12.1 Å². The van der Waals surface area contributed by atoms with Crippen LogP contribution in [-0.2, 0) is 0 Å². The molecule has 3 heteroatoms.